The first-order chi connectivity index (χ1) is 11.9. The van der Waals surface area contributed by atoms with Gasteiger partial charge in [-0.05, 0) is 61.2 Å². The van der Waals surface area contributed by atoms with Crippen LogP contribution in [0.2, 0.25) is 0 Å². The summed E-state index contributed by atoms with van der Waals surface area (Å²) in [5.41, 5.74) is 0.0427. The van der Waals surface area contributed by atoms with E-state index in [1.165, 1.54) is 6.92 Å². The highest BCUT2D eigenvalue weighted by Crippen LogP contribution is 2.71. The normalized spacial score (nSPS) is 50.3. The molecular formula is C23H38O3. The number of esters is 1. The molecule has 3 rings (SSSR count). The average molecular weight is 363 g/mol. The Bertz CT molecular complexity index is 596. The van der Waals surface area contributed by atoms with Crippen molar-refractivity contribution in [2.75, 3.05) is 0 Å². The topological polar surface area (TPSA) is 46.5 Å². The van der Waals surface area contributed by atoms with Crippen molar-refractivity contribution in [2.24, 2.45) is 33.5 Å². The molecule has 3 nitrogen and oxygen atoms in total. The maximum atomic E-state index is 11.6. The highest BCUT2D eigenvalue weighted by atomic mass is 16.5. The van der Waals surface area contributed by atoms with Crippen LogP contribution in [0.4, 0.5) is 0 Å². The molecule has 0 radical (unpaired) electrons. The second-order valence-corrected chi connectivity index (χ2v) is 10.6. The van der Waals surface area contributed by atoms with E-state index in [0.29, 0.717) is 11.8 Å². The number of carbonyl (C=O) groups excluding carboxylic acids is 1. The van der Waals surface area contributed by atoms with Gasteiger partial charge in [-0.15, -0.1) is 6.58 Å². The van der Waals surface area contributed by atoms with Crippen molar-refractivity contribution in [1.82, 2.24) is 0 Å². The Morgan fingerprint density at radius 2 is 1.69 bits per heavy atom. The molecule has 148 valence electrons. The van der Waals surface area contributed by atoms with Gasteiger partial charge >= 0.3 is 5.97 Å². The van der Waals surface area contributed by atoms with Gasteiger partial charge in [0.25, 0.3) is 0 Å². The minimum absolute atomic E-state index is 0.0133. The second-order valence-electron chi connectivity index (χ2n) is 10.6. The summed E-state index contributed by atoms with van der Waals surface area (Å²) in [6.07, 6.45) is 7.97. The van der Waals surface area contributed by atoms with Gasteiger partial charge in [0.1, 0.15) is 6.10 Å². The molecule has 0 unspecified atom stereocenters. The molecule has 0 aliphatic heterocycles. The van der Waals surface area contributed by atoms with Crippen molar-refractivity contribution in [3.8, 4) is 0 Å². The number of carbonyl (C=O) groups is 1. The lowest BCUT2D eigenvalue weighted by atomic mass is 9.36. The van der Waals surface area contributed by atoms with Crippen molar-refractivity contribution >= 4 is 5.97 Å². The van der Waals surface area contributed by atoms with Gasteiger partial charge in [0, 0.05) is 17.8 Å². The van der Waals surface area contributed by atoms with E-state index in [1.54, 1.807) is 0 Å². The molecule has 0 aromatic rings. The molecule has 26 heavy (non-hydrogen) atoms. The molecule has 0 saturated heterocycles. The Morgan fingerprint density at radius 3 is 2.27 bits per heavy atom. The third-order valence-corrected chi connectivity index (χ3v) is 9.37. The highest BCUT2D eigenvalue weighted by molar-refractivity contribution is 5.66. The zero-order valence-corrected chi connectivity index (χ0v) is 17.6. The van der Waals surface area contributed by atoms with Gasteiger partial charge in [0.2, 0.25) is 0 Å². The minimum Gasteiger partial charge on any atom is -0.462 e. The maximum Gasteiger partial charge on any atom is 0.302 e. The molecule has 3 saturated carbocycles. The van der Waals surface area contributed by atoms with Gasteiger partial charge in [-0.25, -0.2) is 0 Å². The third-order valence-electron chi connectivity index (χ3n) is 9.37. The van der Waals surface area contributed by atoms with Gasteiger partial charge in [-0.3, -0.25) is 4.79 Å². The molecule has 0 spiro atoms. The van der Waals surface area contributed by atoms with E-state index in [4.69, 9.17) is 4.74 Å². The summed E-state index contributed by atoms with van der Waals surface area (Å²) in [4.78, 5) is 11.6. The van der Waals surface area contributed by atoms with Crippen LogP contribution in [0.25, 0.3) is 0 Å². The van der Waals surface area contributed by atoms with Crippen LogP contribution in [0, 0.1) is 33.5 Å². The molecule has 3 aliphatic rings. The number of aliphatic hydroxyl groups excluding tert-OH is 1. The third kappa shape index (κ3) is 2.45. The Morgan fingerprint density at radius 1 is 1.04 bits per heavy atom. The van der Waals surface area contributed by atoms with E-state index in [-0.39, 0.29) is 39.8 Å². The van der Waals surface area contributed by atoms with Crippen LogP contribution in [0.1, 0.15) is 80.1 Å². The standard InChI is InChI=1S/C23H38O3/c1-8-22(6)18(25)10-9-17-21(5)13-12-19(26-15(2)24)20(3,4)16(21)11-14-23(17,22)7/h8,16-19,25H,1,9-14H2,2-7H3/t16-,17+,18+,19-,21+,22+,23-/m0/s1. The molecule has 3 aliphatic carbocycles. The summed E-state index contributed by atoms with van der Waals surface area (Å²) in [5.74, 6) is 0.945. The van der Waals surface area contributed by atoms with E-state index < -0.39 is 0 Å². The maximum absolute atomic E-state index is 11.6. The lowest BCUT2D eigenvalue weighted by Crippen LogP contribution is -2.65. The van der Waals surface area contributed by atoms with Gasteiger partial charge in [-0.2, -0.15) is 0 Å². The van der Waals surface area contributed by atoms with Crippen molar-refractivity contribution < 1.29 is 14.6 Å². The lowest BCUT2D eigenvalue weighted by molar-refractivity contribution is -0.227. The van der Waals surface area contributed by atoms with Crippen molar-refractivity contribution in [3.63, 3.8) is 0 Å². The van der Waals surface area contributed by atoms with Crippen LogP contribution in [-0.2, 0) is 9.53 Å². The average Bonchev–Trinajstić information content (AvgIpc) is 2.54. The van der Waals surface area contributed by atoms with Gasteiger partial charge in [0.15, 0.2) is 0 Å². The molecule has 0 heterocycles. The summed E-state index contributed by atoms with van der Waals surface area (Å²) in [6, 6.07) is 0. The molecule has 0 amide bonds. The molecule has 1 N–H and O–H groups in total. The van der Waals surface area contributed by atoms with Crippen LogP contribution >= 0.6 is 0 Å². The van der Waals surface area contributed by atoms with Crippen LogP contribution in [-0.4, -0.2) is 23.3 Å². The van der Waals surface area contributed by atoms with Crippen molar-refractivity contribution in [2.45, 2.75) is 92.3 Å². The van der Waals surface area contributed by atoms with Crippen LogP contribution in [0.5, 0.6) is 0 Å². The van der Waals surface area contributed by atoms with Gasteiger partial charge in [0.05, 0.1) is 6.10 Å². The summed E-state index contributed by atoms with van der Waals surface area (Å²) >= 11 is 0. The number of ether oxygens (including phenoxy) is 1. The zero-order chi connectivity index (χ0) is 19.5. The fourth-order valence-corrected chi connectivity index (χ4v) is 7.61. The first kappa shape index (κ1) is 19.9. The summed E-state index contributed by atoms with van der Waals surface area (Å²) in [6.45, 7) is 17.4. The SMILES string of the molecule is C=C[C@]1(C)[C@H](O)CC[C@@H]2[C@]3(C)CC[C@H](OC(C)=O)C(C)(C)[C@@H]3CC[C@@]21C. The van der Waals surface area contributed by atoms with E-state index >= 15 is 0 Å². The number of aliphatic hydroxyl groups is 1. The lowest BCUT2D eigenvalue weighted by Gasteiger charge is -2.69. The fraction of sp³-hybridized carbons (Fsp3) is 0.870. The highest BCUT2D eigenvalue weighted by Gasteiger charge is 2.66. The first-order valence-electron chi connectivity index (χ1n) is 10.4. The summed E-state index contributed by atoms with van der Waals surface area (Å²) in [5, 5.41) is 10.8. The minimum atomic E-state index is -0.299. The first-order valence-corrected chi connectivity index (χ1v) is 10.4. The Hall–Kier alpha value is -0.830. The molecular weight excluding hydrogens is 324 g/mol. The van der Waals surface area contributed by atoms with Crippen LogP contribution in [0.3, 0.4) is 0 Å². The van der Waals surface area contributed by atoms with E-state index in [1.807, 2.05) is 6.08 Å². The monoisotopic (exact) mass is 362 g/mol. The van der Waals surface area contributed by atoms with E-state index in [0.717, 1.165) is 38.5 Å². The Balaban J connectivity index is 1.99. The molecule has 3 heteroatoms. The Kier molecular flexibility index (Phi) is 4.66. The fourth-order valence-electron chi connectivity index (χ4n) is 7.61. The predicted molar refractivity (Wildman–Crippen MR) is 105 cm³/mol. The number of fused-ring (bicyclic) bond motifs is 3. The molecule has 7 atom stereocenters. The van der Waals surface area contributed by atoms with Crippen molar-refractivity contribution in [3.05, 3.63) is 12.7 Å². The second kappa shape index (κ2) is 6.09. The molecule has 0 bridgehead atoms. The van der Waals surface area contributed by atoms with E-state index in [2.05, 4.69) is 41.2 Å². The molecule has 3 fully saturated rings. The quantitative estimate of drug-likeness (QED) is 0.547. The van der Waals surface area contributed by atoms with Gasteiger partial charge < -0.3 is 9.84 Å². The van der Waals surface area contributed by atoms with E-state index in [9.17, 15) is 9.90 Å². The van der Waals surface area contributed by atoms with Crippen LogP contribution < -0.4 is 0 Å². The largest absolute Gasteiger partial charge is 0.462 e. The number of hydrogen-bond donors (Lipinski definition) is 1. The van der Waals surface area contributed by atoms with Gasteiger partial charge in [-0.1, -0.05) is 40.7 Å². The summed E-state index contributed by atoms with van der Waals surface area (Å²) < 4.78 is 5.75. The number of hydrogen-bond acceptors (Lipinski definition) is 3. The number of rotatable bonds is 2. The molecule has 0 aromatic heterocycles. The summed E-state index contributed by atoms with van der Waals surface area (Å²) in [7, 11) is 0. The van der Waals surface area contributed by atoms with Crippen LogP contribution in [0.15, 0.2) is 12.7 Å². The smallest absolute Gasteiger partial charge is 0.302 e. The predicted octanol–water partition coefficient (Wildman–Crippen LogP) is 5.12. The Labute approximate surface area is 159 Å². The molecule has 0 aromatic carbocycles. The zero-order valence-electron chi connectivity index (χ0n) is 17.6. The van der Waals surface area contributed by atoms with Crippen molar-refractivity contribution in [1.29, 1.82) is 0 Å².